The number of hydrogen-bond donors (Lipinski definition) is 0. The monoisotopic (exact) mass is 152 g/mol. The van der Waals surface area contributed by atoms with Gasteiger partial charge >= 0.3 is 0 Å². The molecule has 58 valence electrons. The van der Waals surface area contributed by atoms with Gasteiger partial charge in [0.25, 0.3) is 0 Å². The maximum absolute atomic E-state index is 12.7. The van der Waals surface area contributed by atoms with Crippen molar-refractivity contribution in [2.45, 2.75) is 13.0 Å². The Bertz CT molecular complexity index is 279. The Kier molecular flexibility index (Phi) is 1.43. The fourth-order valence-corrected chi connectivity index (χ4v) is 1.11. The second-order valence-corrected chi connectivity index (χ2v) is 2.83. The Morgan fingerprint density at radius 3 is 2.82 bits per heavy atom. The lowest BCUT2D eigenvalue weighted by atomic mass is 10.1. The summed E-state index contributed by atoms with van der Waals surface area (Å²) in [4.78, 5) is 0. The van der Waals surface area contributed by atoms with Gasteiger partial charge in [-0.3, -0.25) is 0 Å². The maximum atomic E-state index is 12.7. The zero-order valence-corrected chi connectivity index (χ0v) is 6.30. The third kappa shape index (κ3) is 1.26. The summed E-state index contributed by atoms with van der Waals surface area (Å²) in [6.07, 6.45) is 0.231. The standard InChI is InChI=1S/C9H9FO/c1-6-4-7(9-5-11-9)2-3-8(6)10/h2-4,9H,5H2,1H3/t9-/m0/s1. The molecule has 2 heteroatoms. The second-order valence-electron chi connectivity index (χ2n) is 2.83. The molecule has 11 heavy (non-hydrogen) atoms. The lowest BCUT2D eigenvalue weighted by Gasteiger charge is -1.98. The van der Waals surface area contributed by atoms with E-state index in [1.54, 1.807) is 13.0 Å². The highest BCUT2D eigenvalue weighted by molar-refractivity contribution is 5.27. The summed E-state index contributed by atoms with van der Waals surface area (Å²) in [5.41, 5.74) is 1.78. The van der Waals surface area contributed by atoms with Crippen LogP contribution in [0.3, 0.4) is 0 Å². The summed E-state index contributed by atoms with van der Waals surface area (Å²) in [5, 5.41) is 0. The number of ether oxygens (including phenoxy) is 1. The molecule has 0 amide bonds. The molecule has 1 atom stereocenters. The normalized spacial score (nSPS) is 21.8. The lowest BCUT2D eigenvalue weighted by Crippen LogP contribution is -1.85. The van der Waals surface area contributed by atoms with Crippen molar-refractivity contribution in [3.8, 4) is 0 Å². The van der Waals surface area contributed by atoms with Gasteiger partial charge in [0.1, 0.15) is 11.9 Å². The topological polar surface area (TPSA) is 12.5 Å². The average Bonchev–Trinajstić information content (AvgIpc) is 2.77. The van der Waals surface area contributed by atoms with Crippen LogP contribution in [0.2, 0.25) is 0 Å². The molecule has 2 rings (SSSR count). The highest BCUT2D eigenvalue weighted by atomic mass is 19.1. The molecule has 1 nitrogen and oxygen atoms in total. The van der Waals surface area contributed by atoms with Gasteiger partial charge in [-0.15, -0.1) is 0 Å². The van der Waals surface area contributed by atoms with Gasteiger partial charge in [-0.1, -0.05) is 12.1 Å². The number of epoxide rings is 1. The summed E-state index contributed by atoms with van der Waals surface area (Å²) in [6, 6.07) is 5.11. The zero-order valence-electron chi connectivity index (χ0n) is 6.30. The van der Waals surface area contributed by atoms with Crippen LogP contribution in [0.1, 0.15) is 17.2 Å². The molecule has 1 heterocycles. The van der Waals surface area contributed by atoms with E-state index in [9.17, 15) is 4.39 Å². The van der Waals surface area contributed by atoms with Crippen LogP contribution in [0.25, 0.3) is 0 Å². The minimum Gasteiger partial charge on any atom is -0.368 e. The average molecular weight is 152 g/mol. The molecule has 1 aromatic carbocycles. The molecular weight excluding hydrogens is 143 g/mol. The van der Waals surface area contributed by atoms with Crippen molar-refractivity contribution in [1.82, 2.24) is 0 Å². The van der Waals surface area contributed by atoms with E-state index >= 15 is 0 Å². The second kappa shape index (κ2) is 2.31. The summed E-state index contributed by atoms with van der Waals surface area (Å²) in [5.74, 6) is -0.144. The van der Waals surface area contributed by atoms with Crippen LogP contribution < -0.4 is 0 Å². The van der Waals surface area contributed by atoms with Crippen LogP contribution in [0.4, 0.5) is 4.39 Å². The van der Waals surface area contributed by atoms with E-state index in [2.05, 4.69) is 0 Å². The minimum atomic E-state index is -0.144. The van der Waals surface area contributed by atoms with Crippen molar-refractivity contribution >= 4 is 0 Å². The highest BCUT2D eigenvalue weighted by Crippen LogP contribution is 2.30. The molecule has 0 aromatic heterocycles. The van der Waals surface area contributed by atoms with E-state index in [4.69, 9.17) is 4.74 Å². The Labute approximate surface area is 64.8 Å². The molecule has 0 radical (unpaired) electrons. The van der Waals surface area contributed by atoms with Gasteiger partial charge in [0.05, 0.1) is 6.61 Å². The van der Waals surface area contributed by atoms with Gasteiger partial charge in [-0.2, -0.15) is 0 Å². The Hall–Kier alpha value is -0.890. The molecular formula is C9H9FO. The number of benzene rings is 1. The fraction of sp³-hybridized carbons (Fsp3) is 0.333. The Morgan fingerprint density at radius 1 is 1.55 bits per heavy atom. The largest absolute Gasteiger partial charge is 0.368 e. The van der Waals surface area contributed by atoms with E-state index in [0.717, 1.165) is 12.2 Å². The van der Waals surface area contributed by atoms with Gasteiger partial charge in [0.15, 0.2) is 0 Å². The minimum absolute atomic E-state index is 0.144. The maximum Gasteiger partial charge on any atom is 0.126 e. The van der Waals surface area contributed by atoms with Crippen LogP contribution >= 0.6 is 0 Å². The van der Waals surface area contributed by atoms with Crippen molar-refractivity contribution in [3.63, 3.8) is 0 Å². The SMILES string of the molecule is Cc1cc([C@@H]2CO2)ccc1F. The summed E-state index contributed by atoms with van der Waals surface area (Å²) < 4.78 is 17.8. The van der Waals surface area contributed by atoms with Gasteiger partial charge in [-0.05, 0) is 24.1 Å². The van der Waals surface area contributed by atoms with E-state index in [0.29, 0.717) is 5.56 Å². The van der Waals surface area contributed by atoms with Crippen LogP contribution in [-0.2, 0) is 4.74 Å². The Morgan fingerprint density at radius 2 is 2.27 bits per heavy atom. The molecule has 0 bridgehead atoms. The molecule has 0 aliphatic carbocycles. The van der Waals surface area contributed by atoms with Crippen molar-refractivity contribution in [1.29, 1.82) is 0 Å². The van der Waals surface area contributed by atoms with Crippen LogP contribution in [0.15, 0.2) is 18.2 Å². The summed E-state index contributed by atoms with van der Waals surface area (Å²) >= 11 is 0. The number of hydrogen-bond acceptors (Lipinski definition) is 1. The van der Waals surface area contributed by atoms with E-state index in [-0.39, 0.29) is 11.9 Å². The smallest absolute Gasteiger partial charge is 0.126 e. The quantitative estimate of drug-likeness (QED) is 0.562. The van der Waals surface area contributed by atoms with Crippen molar-refractivity contribution in [2.24, 2.45) is 0 Å². The Balaban J connectivity index is 2.36. The van der Waals surface area contributed by atoms with Gasteiger partial charge in [0, 0.05) is 0 Å². The van der Waals surface area contributed by atoms with Crippen molar-refractivity contribution in [2.75, 3.05) is 6.61 Å². The molecule has 0 spiro atoms. The molecule has 1 aliphatic heterocycles. The number of rotatable bonds is 1. The van der Waals surface area contributed by atoms with Gasteiger partial charge in [0.2, 0.25) is 0 Å². The molecule has 1 fully saturated rings. The molecule has 0 N–H and O–H groups in total. The van der Waals surface area contributed by atoms with Gasteiger partial charge < -0.3 is 4.74 Å². The molecule has 1 saturated heterocycles. The van der Waals surface area contributed by atoms with E-state index < -0.39 is 0 Å². The zero-order chi connectivity index (χ0) is 7.84. The predicted octanol–water partition coefficient (Wildman–Crippen LogP) is 2.21. The third-order valence-electron chi connectivity index (χ3n) is 1.89. The first kappa shape index (κ1) is 6.80. The molecule has 1 aliphatic rings. The first-order chi connectivity index (χ1) is 5.27. The molecule has 0 saturated carbocycles. The van der Waals surface area contributed by atoms with E-state index in [1.807, 2.05) is 6.07 Å². The first-order valence-electron chi connectivity index (χ1n) is 3.65. The summed E-state index contributed by atoms with van der Waals surface area (Å²) in [6.45, 7) is 2.55. The van der Waals surface area contributed by atoms with Crippen LogP contribution in [-0.4, -0.2) is 6.61 Å². The van der Waals surface area contributed by atoms with Crippen molar-refractivity contribution < 1.29 is 9.13 Å². The molecule has 1 aromatic rings. The van der Waals surface area contributed by atoms with E-state index in [1.165, 1.54) is 6.07 Å². The first-order valence-corrected chi connectivity index (χ1v) is 3.65. The number of halogens is 1. The van der Waals surface area contributed by atoms with Crippen molar-refractivity contribution in [3.05, 3.63) is 35.1 Å². The van der Waals surface area contributed by atoms with Gasteiger partial charge in [-0.25, -0.2) is 4.39 Å². The predicted molar refractivity (Wildman–Crippen MR) is 39.8 cm³/mol. The summed E-state index contributed by atoms with van der Waals surface area (Å²) in [7, 11) is 0. The third-order valence-corrected chi connectivity index (χ3v) is 1.89. The highest BCUT2D eigenvalue weighted by Gasteiger charge is 2.24. The molecule has 0 unspecified atom stereocenters. The van der Waals surface area contributed by atoms with Crippen LogP contribution in [0.5, 0.6) is 0 Å². The fourth-order valence-electron chi connectivity index (χ4n) is 1.11. The lowest BCUT2D eigenvalue weighted by molar-refractivity contribution is 0.415. The number of aryl methyl sites for hydroxylation is 1. The van der Waals surface area contributed by atoms with Crippen LogP contribution in [0, 0.1) is 12.7 Å².